The van der Waals surface area contributed by atoms with E-state index in [1.807, 2.05) is 12.4 Å². The number of aromatic nitrogens is 1. The van der Waals surface area contributed by atoms with Crippen molar-refractivity contribution in [1.82, 2.24) is 4.98 Å². The van der Waals surface area contributed by atoms with Crippen molar-refractivity contribution in [1.29, 1.82) is 0 Å². The fourth-order valence-corrected chi connectivity index (χ4v) is 1.51. The lowest BCUT2D eigenvalue weighted by molar-refractivity contribution is 0.752. The lowest BCUT2D eigenvalue weighted by Gasteiger charge is -2.01. The summed E-state index contributed by atoms with van der Waals surface area (Å²) in [5.41, 5.74) is 3.65. The molecule has 2 nitrogen and oxygen atoms in total. The Hall–Kier alpha value is -1.31. The van der Waals surface area contributed by atoms with E-state index in [1.54, 1.807) is 0 Å². The second kappa shape index (κ2) is 3.21. The van der Waals surface area contributed by atoms with Crippen LogP contribution in [0.3, 0.4) is 0 Å². The minimum absolute atomic E-state index is 0.572. The molecule has 68 valence electrons. The monoisotopic (exact) mass is 174 g/mol. The lowest BCUT2D eigenvalue weighted by atomic mass is 10.1. The van der Waals surface area contributed by atoms with Crippen molar-refractivity contribution < 1.29 is 0 Å². The maximum Gasteiger partial charge on any atom is 0.0452 e. The van der Waals surface area contributed by atoms with Gasteiger partial charge in [0.2, 0.25) is 0 Å². The quantitative estimate of drug-likeness (QED) is 0.678. The summed E-state index contributed by atoms with van der Waals surface area (Å²) in [6, 6.07) is 2.08. The average Bonchev–Trinajstić information content (AvgIpc) is 2.65. The molecule has 1 aromatic heterocycles. The molecule has 13 heavy (non-hydrogen) atoms. The largest absolute Gasteiger partial charge is 0.361 e. The van der Waals surface area contributed by atoms with Gasteiger partial charge in [0.15, 0.2) is 0 Å². The number of H-pyrrole nitrogens is 1. The summed E-state index contributed by atoms with van der Waals surface area (Å²) in [7, 11) is 0. The molecule has 0 radical (unpaired) electrons. The highest BCUT2D eigenvalue weighted by atomic mass is 14.8. The molecule has 0 saturated heterocycles. The molecule has 1 aromatic rings. The summed E-state index contributed by atoms with van der Waals surface area (Å²) in [5, 5.41) is 0. The molecule has 0 aromatic carbocycles. The number of hydrogen-bond acceptors (Lipinski definition) is 1. The standard InChI is InChI=1S/C11H14N2/c1-8-3-5-12-10(8)7-11-9(2)4-6-13-11/h3,5-7,9,12H,4H2,1-2H3/b11-7-. The lowest BCUT2D eigenvalue weighted by Crippen LogP contribution is -1.90. The third-order valence-corrected chi connectivity index (χ3v) is 2.49. The second-order valence-corrected chi connectivity index (χ2v) is 3.59. The summed E-state index contributed by atoms with van der Waals surface area (Å²) in [6.07, 6.45) is 7.18. The Morgan fingerprint density at radius 2 is 2.46 bits per heavy atom. The first kappa shape index (κ1) is 8.30. The maximum atomic E-state index is 4.35. The summed E-state index contributed by atoms with van der Waals surface area (Å²) >= 11 is 0. The second-order valence-electron chi connectivity index (χ2n) is 3.59. The highest BCUT2D eigenvalue weighted by Crippen LogP contribution is 2.23. The Morgan fingerprint density at radius 3 is 3.00 bits per heavy atom. The SMILES string of the molecule is Cc1cc[nH]c1/C=C1\N=CCC1C. The van der Waals surface area contributed by atoms with E-state index in [-0.39, 0.29) is 0 Å². The molecule has 2 heteroatoms. The molecule has 0 bridgehead atoms. The zero-order valence-electron chi connectivity index (χ0n) is 8.04. The van der Waals surface area contributed by atoms with Crippen LogP contribution in [0.1, 0.15) is 24.6 Å². The molecule has 2 heterocycles. The van der Waals surface area contributed by atoms with Gasteiger partial charge >= 0.3 is 0 Å². The number of aromatic amines is 1. The van der Waals surface area contributed by atoms with Gasteiger partial charge in [0.05, 0.1) is 0 Å². The normalized spacial score (nSPS) is 24.5. The topological polar surface area (TPSA) is 28.1 Å². The van der Waals surface area contributed by atoms with Gasteiger partial charge in [0.1, 0.15) is 0 Å². The van der Waals surface area contributed by atoms with E-state index < -0.39 is 0 Å². The molecular weight excluding hydrogens is 160 g/mol. The molecule has 0 aliphatic carbocycles. The molecular formula is C11H14N2. The fourth-order valence-electron chi connectivity index (χ4n) is 1.51. The Labute approximate surface area is 78.4 Å². The van der Waals surface area contributed by atoms with Crippen LogP contribution in [0, 0.1) is 12.8 Å². The number of aliphatic imine (C=N–C) groups is 1. The van der Waals surface area contributed by atoms with Gasteiger partial charge in [-0.05, 0) is 31.1 Å². The van der Waals surface area contributed by atoms with E-state index in [9.17, 15) is 0 Å². The van der Waals surface area contributed by atoms with Crippen LogP contribution >= 0.6 is 0 Å². The molecule has 1 aliphatic heterocycles. The van der Waals surface area contributed by atoms with Crippen molar-refractivity contribution in [3.05, 3.63) is 29.2 Å². The predicted octanol–water partition coefficient (Wildman–Crippen LogP) is 2.77. The number of nitrogens with one attached hydrogen (secondary N) is 1. The molecule has 1 atom stereocenters. The molecule has 0 fully saturated rings. The van der Waals surface area contributed by atoms with Gasteiger partial charge in [0.25, 0.3) is 0 Å². The Bertz CT molecular complexity index is 358. The van der Waals surface area contributed by atoms with Crippen LogP contribution < -0.4 is 0 Å². The van der Waals surface area contributed by atoms with Crippen molar-refractivity contribution >= 4 is 12.3 Å². The highest BCUT2D eigenvalue weighted by molar-refractivity contribution is 5.68. The zero-order chi connectivity index (χ0) is 9.26. The van der Waals surface area contributed by atoms with Gasteiger partial charge in [-0.3, -0.25) is 4.99 Å². The van der Waals surface area contributed by atoms with Gasteiger partial charge in [-0.25, -0.2) is 0 Å². The van der Waals surface area contributed by atoms with Gasteiger partial charge in [-0.15, -0.1) is 0 Å². The fraction of sp³-hybridized carbons (Fsp3) is 0.364. The first-order chi connectivity index (χ1) is 6.27. The van der Waals surface area contributed by atoms with Gasteiger partial charge < -0.3 is 4.98 Å². The summed E-state index contributed by atoms with van der Waals surface area (Å²) in [4.78, 5) is 7.55. The van der Waals surface area contributed by atoms with Crippen molar-refractivity contribution in [3.8, 4) is 0 Å². The molecule has 1 N–H and O–H groups in total. The van der Waals surface area contributed by atoms with Crippen LogP contribution in [0.5, 0.6) is 0 Å². The van der Waals surface area contributed by atoms with Gasteiger partial charge in [-0.1, -0.05) is 6.92 Å². The molecule has 0 amide bonds. The number of aryl methyl sites for hydroxylation is 1. The third kappa shape index (κ3) is 1.57. The number of allylic oxidation sites excluding steroid dienone is 1. The minimum atomic E-state index is 0.572. The van der Waals surface area contributed by atoms with Crippen LogP contribution in [0.15, 0.2) is 23.0 Å². The third-order valence-electron chi connectivity index (χ3n) is 2.49. The number of nitrogens with zero attached hydrogens (tertiary/aromatic N) is 1. The van der Waals surface area contributed by atoms with Crippen LogP contribution in [-0.2, 0) is 0 Å². The number of rotatable bonds is 1. The average molecular weight is 174 g/mol. The van der Waals surface area contributed by atoms with E-state index in [4.69, 9.17) is 0 Å². The van der Waals surface area contributed by atoms with Crippen LogP contribution in [0.4, 0.5) is 0 Å². The minimum Gasteiger partial charge on any atom is -0.361 e. The summed E-state index contributed by atoms with van der Waals surface area (Å²) in [6.45, 7) is 4.31. The van der Waals surface area contributed by atoms with Crippen molar-refractivity contribution in [2.45, 2.75) is 20.3 Å². The predicted molar refractivity (Wildman–Crippen MR) is 55.8 cm³/mol. The molecule has 2 rings (SSSR count). The van der Waals surface area contributed by atoms with Crippen LogP contribution in [0.2, 0.25) is 0 Å². The van der Waals surface area contributed by atoms with E-state index in [0.717, 1.165) is 6.42 Å². The van der Waals surface area contributed by atoms with Crippen LogP contribution in [-0.4, -0.2) is 11.2 Å². The first-order valence-electron chi connectivity index (χ1n) is 4.65. The van der Waals surface area contributed by atoms with E-state index >= 15 is 0 Å². The smallest absolute Gasteiger partial charge is 0.0452 e. The Kier molecular flexibility index (Phi) is 2.05. The van der Waals surface area contributed by atoms with Gasteiger partial charge in [0, 0.05) is 29.7 Å². The number of hydrogen-bond donors (Lipinski definition) is 1. The van der Waals surface area contributed by atoms with E-state index in [0.29, 0.717) is 5.92 Å². The molecule has 0 saturated carbocycles. The van der Waals surface area contributed by atoms with Crippen molar-refractivity contribution in [2.24, 2.45) is 10.9 Å². The summed E-state index contributed by atoms with van der Waals surface area (Å²) < 4.78 is 0. The Balaban J connectivity index is 2.30. The van der Waals surface area contributed by atoms with Gasteiger partial charge in [-0.2, -0.15) is 0 Å². The molecule has 0 spiro atoms. The van der Waals surface area contributed by atoms with E-state index in [2.05, 4.69) is 36.0 Å². The molecule has 1 unspecified atom stereocenters. The Morgan fingerprint density at radius 1 is 1.62 bits per heavy atom. The summed E-state index contributed by atoms with van der Waals surface area (Å²) in [5.74, 6) is 0.572. The van der Waals surface area contributed by atoms with Crippen LogP contribution in [0.25, 0.3) is 6.08 Å². The molecule has 1 aliphatic rings. The first-order valence-corrected chi connectivity index (χ1v) is 4.65. The maximum absolute atomic E-state index is 4.35. The zero-order valence-corrected chi connectivity index (χ0v) is 8.04. The van der Waals surface area contributed by atoms with Crippen molar-refractivity contribution in [2.75, 3.05) is 0 Å². The highest BCUT2D eigenvalue weighted by Gasteiger charge is 2.12. The van der Waals surface area contributed by atoms with Crippen molar-refractivity contribution in [3.63, 3.8) is 0 Å². The van der Waals surface area contributed by atoms with E-state index in [1.165, 1.54) is 17.0 Å².